The van der Waals surface area contributed by atoms with Gasteiger partial charge in [0.05, 0.1) is 12.8 Å². The highest BCUT2D eigenvalue weighted by Gasteiger charge is 2.31. The predicted octanol–water partition coefficient (Wildman–Crippen LogP) is -0.0431. The van der Waals surface area contributed by atoms with Crippen molar-refractivity contribution in [2.75, 3.05) is 26.7 Å². The Hall–Kier alpha value is -1.81. The van der Waals surface area contributed by atoms with E-state index in [-0.39, 0.29) is 12.5 Å². The SMILES string of the molecule is COC(=O)CNC(=S)N1CCCN1C(=O)c1snnc1C. The van der Waals surface area contributed by atoms with E-state index < -0.39 is 5.97 Å². The molecule has 0 aliphatic carbocycles. The lowest BCUT2D eigenvalue weighted by atomic mass is 10.3. The van der Waals surface area contributed by atoms with Crippen molar-refractivity contribution in [1.82, 2.24) is 24.9 Å². The normalized spacial score (nSPS) is 14.2. The van der Waals surface area contributed by atoms with Gasteiger partial charge in [-0.2, -0.15) is 0 Å². The lowest BCUT2D eigenvalue weighted by Gasteiger charge is -2.29. The minimum atomic E-state index is -0.420. The number of methoxy groups -OCH3 is 1. The van der Waals surface area contributed by atoms with Crippen molar-refractivity contribution in [3.8, 4) is 0 Å². The molecule has 1 amide bonds. The van der Waals surface area contributed by atoms with Gasteiger partial charge in [-0.15, -0.1) is 5.10 Å². The van der Waals surface area contributed by atoms with Crippen LogP contribution >= 0.6 is 23.8 Å². The molecule has 0 aromatic carbocycles. The highest BCUT2D eigenvalue weighted by atomic mass is 32.1. The van der Waals surface area contributed by atoms with Crippen LogP contribution in [0, 0.1) is 6.92 Å². The second-order valence-electron chi connectivity index (χ2n) is 4.33. The molecule has 1 aromatic heterocycles. The third-order valence-corrected chi connectivity index (χ3v) is 4.13. The van der Waals surface area contributed by atoms with Crippen molar-refractivity contribution in [2.45, 2.75) is 13.3 Å². The Kier molecular flexibility index (Phi) is 5.02. The number of carbonyl (C=O) groups is 2. The first kappa shape index (κ1) is 15.6. The molecule has 0 atom stereocenters. The summed E-state index contributed by atoms with van der Waals surface area (Å²) in [4.78, 5) is 24.1. The average molecular weight is 329 g/mol. The highest BCUT2D eigenvalue weighted by Crippen LogP contribution is 2.18. The third-order valence-electron chi connectivity index (χ3n) is 2.96. The molecule has 2 rings (SSSR count). The maximum atomic E-state index is 12.5. The fourth-order valence-electron chi connectivity index (χ4n) is 1.89. The Morgan fingerprint density at radius 1 is 1.43 bits per heavy atom. The molecule has 8 nitrogen and oxygen atoms in total. The number of aromatic nitrogens is 2. The van der Waals surface area contributed by atoms with Gasteiger partial charge >= 0.3 is 5.97 Å². The molecule has 0 bridgehead atoms. The standard InChI is InChI=1S/C11H15N5O3S2/c1-7-9(21-14-13-7)10(18)15-4-3-5-16(15)11(20)12-6-8(17)19-2/h3-6H2,1-2H3,(H,12,20). The second kappa shape index (κ2) is 6.76. The number of aryl methyl sites for hydroxylation is 1. The van der Waals surface area contributed by atoms with Gasteiger partial charge in [-0.3, -0.25) is 14.6 Å². The summed E-state index contributed by atoms with van der Waals surface area (Å²) < 4.78 is 8.31. The van der Waals surface area contributed by atoms with Crippen molar-refractivity contribution >= 4 is 40.7 Å². The molecular formula is C11H15N5O3S2. The number of amides is 1. The molecule has 1 fully saturated rings. The molecule has 2 heterocycles. The van der Waals surface area contributed by atoms with Crippen LogP contribution < -0.4 is 5.32 Å². The van der Waals surface area contributed by atoms with Crippen LogP contribution in [-0.4, -0.2) is 63.3 Å². The predicted molar refractivity (Wildman–Crippen MR) is 79.6 cm³/mol. The van der Waals surface area contributed by atoms with E-state index >= 15 is 0 Å². The Balaban J connectivity index is 2.03. The maximum absolute atomic E-state index is 12.5. The van der Waals surface area contributed by atoms with E-state index in [9.17, 15) is 9.59 Å². The van der Waals surface area contributed by atoms with Crippen molar-refractivity contribution in [2.24, 2.45) is 0 Å². The van der Waals surface area contributed by atoms with Crippen molar-refractivity contribution in [3.05, 3.63) is 10.6 Å². The van der Waals surface area contributed by atoms with Crippen molar-refractivity contribution in [3.63, 3.8) is 0 Å². The molecule has 21 heavy (non-hydrogen) atoms. The number of thiocarbonyl (C=S) groups is 1. The lowest BCUT2D eigenvalue weighted by Crippen LogP contribution is -2.50. The molecule has 0 radical (unpaired) electrons. The van der Waals surface area contributed by atoms with E-state index in [1.165, 1.54) is 7.11 Å². The van der Waals surface area contributed by atoms with Crippen molar-refractivity contribution < 1.29 is 14.3 Å². The number of carbonyl (C=O) groups excluding carboxylic acids is 2. The highest BCUT2D eigenvalue weighted by molar-refractivity contribution is 7.80. The van der Waals surface area contributed by atoms with Crippen LogP contribution in [0.5, 0.6) is 0 Å². The fourth-order valence-corrected chi connectivity index (χ4v) is 2.75. The zero-order valence-electron chi connectivity index (χ0n) is 11.7. The van der Waals surface area contributed by atoms with Gasteiger partial charge in [0.1, 0.15) is 11.4 Å². The Labute approximate surface area is 131 Å². The molecule has 1 aliphatic heterocycles. The zero-order chi connectivity index (χ0) is 15.4. The number of rotatable bonds is 3. The van der Waals surface area contributed by atoms with E-state index in [0.29, 0.717) is 28.8 Å². The summed E-state index contributed by atoms with van der Waals surface area (Å²) in [5.74, 6) is -0.598. The minimum absolute atomic E-state index is 0.0327. The van der Waals surface area contributed by atoms with Gasteiger partial charge in [0.15, 0.2) is 5.11 Å². The summed E-state index contributed by atoms with van der Waals surface area (Å²) >= 11 is 6.29. The number of nitrogens with zero attached hydrogens (tertiary/aromatic N) is 4. The van der Waals surface area contributed by atoms with Gasteiger partial charge in [0, 0.05) is 13.1 Å². The summed E-state index contributed by atoms with van der Waals surface area (Å²) in [5.41, 5.74) is 0.602. The molecule has 0 spiro atoms. The van der Waals surface area contributed by atoms with E-state index in [4.69, 9.17) is 12.2 Å². The van der Waals surface area contributed by atoms with Crippen LogP contribution in [0.2, 0.25) is 0 Å². The van der Waals surface area contributed by atoms with Gasteiger partial charge < -0.3 is 10.1 Å². The van der Waals surface area contributed by atoms with Crippen LogP contribution in [0.3, 0.4) is 0 Å². The van der Waals surface area contributed by atoms with Crippen LogP contribution in [0.25, 0.3) is 0 Å². The molecule has 0 unspecified atom stereocenters. The molecule has 0 saturated carbocycles. The van der Waals surface area contributed by atoms with Crippen LogP contribution in [-0.2, 0) is 9.53 Å². The number of hydrogen-bond donors (Lipinski definition) is 1. The number of nitrogens with one attached hydrogen (secondary N) is 1. The fraction of sp³-hybridized carbons (Fsp3) is 0.545. The number of ether oxygens (including phenoxy) is 1. The van der Waals surface area contributed by atoms with Crippen LogP contribution in [0.1, 0.15) is 21.8 Å². The number of esters is 1. The molecular weight excluding hydrogens is 314 g/mol. The molecule has 10 heteroatoms. The average Bonchev–Trinajstić information content (AvgIpc) is 3.12. The summed E-state index contributed by atoms with van der Waals surface area (Å²) in [5, 5.41) is 10.1. The lowest BCUT2D eigenvalue weighted by molar-refractivity contribution is -0.139. The summed E-state index contributed by atoms with van der Waals surface area (Å²) in [6.45, 7) is 2.89. The molecule has 1 N–H and O–H groups in total. The van der Waals surface area contributed by atoms with E-state index in [1.807, 2.05) is 0 Å². The molecule has 114 valence electrons. The Morgan fingerprint density at radius 3 is 2.76 bits per heavy atom. The Morgan fingerprint density at radius 2 is 2.14 bits per heavy atom. The van der Waals surface area contributed by atoms with Gasteiger partial charge in [-0.1, -0.05) is 4.49 Å². The van der Waals surface area contributed by atoms with Crippen molar-refractivity contribution in [1.29, 1.82) is 0 Å². The first-order valence-electron chi connectivity index (χ1n) is 6.27. The first-order valence-corrected chi connectivity index (χ1v) is 7.45. The molecule has 1 aromatic rings. The van der Waals surface area contributed by atoms with Gasteiger partial charge in [-0.05, 0) is 37.1 Å². The zero-order valence-corrected chi connectivity index (χ0v) is 13.3. The number of hydrazine groups is 1. The minimum Gasteiger partial charge on any atom is -0.468 e. The molecule has 1 aliphatic rings. The maximum Gasteiger partial charge on any atom is 0.325 e. The van der Waals surface area contributed by atoms with E-state index in [0.717, 1.165) is 18.0 Å². The first-order chi connectivity index (χ1) is 10.0. The summed E-state index contributed by atoms with van der Waals surface area (Å²) in [6.07, 6.45) is 0.803. The monoisotopic (exact) mass is 329 g/mol. The third kappa shape index (κ3) is 3.45. The largest absolute Gasteiger partial charge is 0.468 e. The smallest absolute Gasteiger partial charge is 0.325 e. The topological polar surface area (TPSA) is 87.7 Å². The van der Waals surface area contributed by atoms with E-state index in [1.54, 1.807) is 16.9 Å². The van der Waals surface area contributed by atoms with Crippen LogP contribution in [0.4, 0.5) is 0 Å². The molecule has 1 saturated heterocycles. The van der Waals surface area contributed by atoms with Gasteiger partial charge in [-0.25, -0.2) is 5.01 Å². The number of hydrogen-bond acceptors (Lipinski definition) is 7. The summed E-state index contributed by atoms with van der Waals surface area (Å²) in [6, 6.07) is 0. The second-order valence-corrected chi connectivity index (χ2v) is 5.47. The quantitative estimate of drug-likeness (QED) is 0.610. The Bertz CT molecular complexity index is 562. The van der Waals surface area contributed by atoms with Crippen LogP contribution in [0.15, 0.2) is 0 Å². The van der Waals surface area contributed by atoms with E-state index in [2.05, 4.69) is 19.6 Å². The van der Waals surface area contributed by atoms with Gasteiger partial charge in [0.2, 0.25) is 0 Å². The van der Waals surface area contributed by atoms with Gasteiger partial charge in [0.25, 0.3) is 5.91 Å². The summed E-state index contributed by atoms with van der Waals surface area (Å²) in [7, 11) is 1.30.